The zero-order valence-corrected chi connectivity index (χ0v) is 10.3. The van der Waals surface area contributed by atoms with Crippen molar-refractivity contribution >= 4 is 0 Å². The molecule has 0 spiro atoms. The van der Waals surface area contributed by atoms with Crippen LogP contribution in [0.2, 0.25) is 0 Å². The third-order valence-corrected chi connectivity index (χ3v) is 2.85. The minimum atomic E-state index is -0.553. The number of aromatic nitrogens is 4. The molecule has 7 heteroatoms. The van der Waals surface area contributed by atoms with E-state index >= 15 is 0 Å². The molecule has 19 heavy (non-hydrogen) atoms. The summed E-state index contributed by atoms with van der Waals surface area (Å²) in [5.74, 6) is 0.623. The van der Waals surface area contributed by atoms with Crippen LogP contribution >= 0.6 is 0 Å². The molecule has 0 radical (unpaired) electrons. The molecule has 0 saturated heterocycles. The predicted molar refractivity (Wildman–Crippen MR) is 67.1 cm³/mol. The number of hydrogen-bond donors (Lipinski definition) is 2. The van der Waals surface area contributed by atoms with E-state index in [2.05, 4.69) is 20.2 Å². The summed E-state index contributed by atoms with van der Waals surface area (Å²) in [5.41, 5.74) is 0.255. The van der Waals surface area contributed by atoms with Gasteiger partial charge in [-0.15, -0.1) is 5.10 Å². The zero-order valence-electron chi connectivity index (χ0n) is 10.3. The van der Waals surface area contributed by atoms with E-state index in [1.54, 1.807) is 13.0 Å². The van der Waals surface area contributed by atoms with Gasteiger partial charge in [0.1, 0.15) is 17.1 Å². The second-order valence-corrected chi connectivity index (χ2v) is 4.48. The van der Waals surface area contributed by atoms with Crippen LogP contribution in [-0.4, -0.2) is 26.3 Å². The highest BCUT2D eigenvalue weighted by Gasteiger charge is 2.25. The average molecular weight is 260 g/mol. The summed E-state index contributed by atoms with van der Waals surface area (Å²) in [4.78, 5) is 27.2. The minimum absolute atomic E-state index is 0.240. The number of aryl methyl sites for hydroxylation is 1. The van der Waals surface area contributed by atoms with Gasteiger partial charge >= 0.3 is 5.69 Å². The fourth-order valence-electron chi connectivity index (χ4n) is 1.65. The first-order valence-electron chi connectivity index (χ1n) is 5.97. The Labute approximate surface area is 107 Å². The summed E-state index contributed by atoms with van der Waals surface area (Å²) in [7, 11) is 0. The van der Waals surface area contributed by atoms with E-state index in [-0.39, 0.29) is 11.7 Å². The van der Waals surface area contributed by atoms with E-state index in [1.165, 1.54) is 6.20 Å². The molecular formula is C12H12N4O3. The third kappa shape index (κ3) is 2.40. The molecule has 2 N–H and O–H groups in total. The van der Waals surface area contributed by atoms with Crippen LogP contribution in [0.3, 0.4) is 0 Å². The van der Waals surface area contributed by atoms with Gasteiger partial charge in [0.2, 0.25) is 0 Å². The summed E-state index contributed by atoms with van der Waals surface area (Å²) >= 11 is 0. The molecule has 98 valence electrons. The maximum absolute atomic E-state index is 11.7. The van der Waals surface area contributed by atoms with Crippen LogP contribution in [0, 0.1) is 6.92 Å². The van der Waals surface area contributed by atoms with Crippen molar-refractivity contribution in [3.05, 3.63) is 38.8 Å². The van der Waals surface area contributed by atoms with Crippen molar-refractivity contribution in [2.75, 3.05) is 0 Å². The molecule has 1 aliphatic rings. The summed E-state index contributed by atoms with van der Waals surface area (Å²) in [6.45, 7) is 1.80. The Morgan fingerprint density at radius 2 is 2.11 bits per heavy atom. The van der Waals surface area contributed by atoms with Gasteiger partial charge < -0.3 is 9.72 Å². The summed E-state index contributed by atoms with van der Waals surface area (Å²) in [6, 6.07) is 1.67. The highest BCUT2D eigenvalue weighted by molar-refractivity contribution is 5.58. The van der Waals surface area contributed by atoms with Crippen LogP contribution in [0.4, 0.5) is 0 Å². The van der Waals surface area contributed by atoms with Gasteiger partial charge in [0.25, 0.3) is 5.56 Å². The molecule has 3 rings (SSSR count). The quantitative estimate of drug-likeness (QED) is 0.830. The van der Waals surface area contributed by atoms with Crippen LogP contribution < -0.4 is 16.0 Å². The van der Waals surface area contributed by atoms with E-state index < -0.39 is 11.2 Å². The van der Waals surface area contributed by atoms with Crippen LogP contribution in [0.5, 0.6) is 5.75 Å². The third-order valence-electron chi connectivity index (χ3n) is 2.85. The first-order valence-corrected chi connectivity index (χ1v) is 5.97. The number of H-pyrrole nitrogens is 2. The highest BCUT2D eigenvalue weighted by Crippen LogP contribution is 2.29. The standard InChI is InChI=1S/C12H12N4O3/c1-6-10(19-7-2-3-7)4-9(16-15-6)8-5-13-12(18)14-11(8)17/h4-5,7H,2-3H2,1H3,(H2,13,14,17,18). The van der Waals surface area contributed by atoms with Crippen molar-refractivity contribution in [3.8, 4) is 17.0 Å². The van der Waals surface area contributed by atoms with Gasteiger partial charge in [-0.2, -0.15) is 5.10 Å². The molecule has 0 aliphatic heterocycles. The largest absolute Gasteiger partial charge is 0.488 e. The Morgan fingerprint density at radius 1 is 1.32 bits per heavy atom. The molecule has 0 amide bonds. The van der Waals surface area contributed by atoms with Gasteiger partial charge in [-0.25, -0.2) is 4.79 Å². The highest BCUT2D eigenvalue weighted by atomic mass is 16.5. The van der Waals surface area contributed by atoms with E-state index in [0.717, 1.165) is 12.8 Å². The van der Waals surface area contributed by atoms with Gasteiger partial charge in [-0.3, -0.25) is 9.78 Å². The minimum Gasteiger partial charge on any atom is -0.488 e. The van der Waals surface area contributed by atoms with Crippen molar-refractivity contribution in [2.24, 2.45) is 0 Å². The van der Waals surface area contributed by atoms with Gasteiger partial charge in [0.05, 0.1) is 11.7 Å². The molecule has 0 aromatic carbocycles. The van der Waals surface area contributed by atoms with Crippen molar-refractivity contribution < 1.29 is 4.74 Å². The fourth-order valence-corrected chi connectivity index (χ4v) is 1.65. The molecule has 0 atom stereocenters. The molecule has 0 bridgehead atoms. The maximum Gasteiger partial charge on any atom is 0.325 e. The topological polar surface area (TPSA) is 101 Å². The van der Waals surface area contributed by atoms with Crippen molar-refractivity contribution in [2.45, 2.75) is 25.9 Å². The van der Waals surface area contributed by atoms with Crippen molar-refractivity contribution in [3.63, 3.8) is 0 Å². The Balaban J connectivity index is 2.04. The van der Waals surface area contributed by atoms with Gasteiger partial charge in [-0.1, -0.05) is 0 Å². The summed E-state index contributed by atoms with van der Waals surface area (Å²) < 4.78 is 5.70. The molecule has 2 aromatic heterocycles. The second-order valence-electron chi connectivity index (χ2n) is 4.48. The molecule has 2 aromatic rings. The monoisotopic (exact) mass is 260 g/mol. The van der Waals surface area contributed by atoms with Crippen molar-refractivity contribution in [1.29, 1.82) is 0 Å². The van der Waals surface area contributed by atoms with Crippen LogP contribution in [-0.2, 0) is 0 Å². The van der Waals surface area contributed by atoms with Gasteiger partial charge in [0, 0.05) is 12.3 Å². The van der Waals surface area contributed by atoms with E-state index in [1.807, 2.05) is 0 Å². The molecule has 0 unspecified atom stereocenters. The number of nitrogens with zero attached hydrogens (tertiary/aromatic N) is 2. The predicted octanol–water partition coefficient (Wildman–Crippen LogP) is 0.370. The van der Waals surface area contributed by atoms with E-state index in [9.17, 15) is 9.59 Å². The molecule has 1 fully saturated rings. The number of nitrogens with one attached hydrogen (secondary N) is 2. The van der Waals surface area contributed by atoms with Crippen molar-refractivity contribution in [1.82, 2.24) is 20.2 Å². The molecule has 2 heterocycles. The SMILES string of the molecule is Cc1nnc(-c2c[nH]c(=O)[nH]c2=O)cc1OC1CC1. The van der Waals surface area contributed by atoms with E-state index in [4.69, 9.17) is 4.74 Å². The second kappa shape index (κ2) is 4.34. The molecule has 1 aliphatic carbocycles. The fraction of sp³-hybridized carbons (Fsp3) is 0.333. The lowest BCUT2D eigenvalue weighted by atomic mass is 10.2. The van der Waals surface area contributed by atoms with Gasteiger partial charge in [-0.05, 0) is 19.8 Å². The zero-order chi connectivity index (χ0) is 13.4. The first-order chi connectivity index (χ1) is 9.13. The number of ether oxygens (including phenoxy) is 1. The lowest BCUT2D eigenvalue weighted by molar-refractivity contribution is 0.299. The summed E-state index contributed by atoms with van der Waals surface area (Å²) in [5, 5.41) is 7.94. The Kier molecular flexibility index (Phi) is 2.66. The van der Waals surface area contributed by atoms with Crippen LogP contribution in [0.25, 0.3) is 11.3 Å². The number of hydrogen-bond acceptors (Lipinski definition) is 5. The Bertz CT molecular complexity index is 730. The first kappa shape index (κ1) is 11.6. The maximum atomic E-state index is 11.7. The molecular weight excluding hydrogens is 248 g/mol. The average Bonchev–Trinajstić information content (AvgIpc) is 3.16. The van der Waals surface area contributed by atoms with Crippen LogP contribution in [0.15, 0.2) is 21.9 Å². The lowest BCUT2D eigenvalue weighted by Crippen LogP contribution is -2.23. The Morgan fingerprint density at radius 3 is 2.79 bits per heavy atom. The molecule has 7 nitrogen and oxygen atoms in total. The Hall–Kier alpha value is -2.44. The van der Waals surface area contributed by atoms with Gasteiger partial charge in [0.15, 0.2) is 0 Å². The molecule has 1 saturated carbocycles. The summed E-state index contributed by atoms with van der Waals surface area (Å²) in [6.07, 6.45) is 3.64. The van der Waals surface area contributed by atoms with Crippen LogP contribution in [0.1, 0.15) is 18.5 Å². The number of aromatic amines is 2. The normalized spacial score (nSPS) is 14.4. The van der Waals surface area contributed by atoms with E-state index in [0.29, 0.717) is 17.1 Å². The number of rotatable bonds is 3. The smallest absolute Gasteiger partial charge is 0.325 e. The lowest BCUT2D eigenvalue weighted by Gasteiger charge is -2.07.